The fraction of sp³-hybridized carbons (Fsp3) is 0.353. The second kappa shape index (κ2) is 9.11. The van der Waals surface area contributed by atoms with Crippen LogP contribution in [0.1, 0.15) is 28.8 Å². The number of aromatic nitrogens is 2. The molecular weight excluding hydrogens is 444 g/mol. The molecule has 1 aliphatic heterocycles. The summed E-state index contributed by atoms with van der Waals surface area (Å²) >= 11 is -2.09. The zero-order chi connectivity index (χ0) is 22.8. The minimum absolute atomic E-state index is 0.129. The predicted octanol–water partition coefficient (Wildman–Crippen LogP) is 2.49. The fourth-order valence-electron chi connectivity index (χ4n) is 3.10. The van der Waals surface area contributed by atoms with E-state index in [0.29, 0.717) is 32.1 Å². The van der Waals surface area contributed by atoms with E-state index in [9.17, 15) is 26.6 Å². The SMILES string of the molecule is NC(=O)c1c(F)cccc1Nc1nc(NC2CCN(S(=O)O)CC2)ncc1C(F)(F)F. The summed E-state index contributed by atoms with van der Waals surface area (Å²) < 4.78 is 75.8. The van der Waals surface area contributed by atoms with Crippen molar-refractivity contribution in [2.24, 2.45) is 5.73 Å². The number of rotatable bonds is 6. The Morgan fingerprint density at radius 3 is 2.55 bits per heavy atom. The highest BCUT2D eigenvalue weighted by atomic mass is 32.2. The Kier molecular flexibility index (Phi) is 6.71. The van der Waals surface area contributed by atoms with E-state index >= 15 is 0 Å². The van der Waals surface area contributed by atoms with Crippen LogP contribution in [0.3, 0.4) is 0 Å². The van der Waals surface area contributed by atoms with Gasteiger partial charge >= 0.3 is 6.18 Å². The van der Waals surface area contributed by atoms with E-state index in [1.54, 1.807) is 0 Å². The van der Waals surface area contributed by atoms with Crippen molar-refractivity contribution in [1.29, 1.82) is 0 Å². The average molecular weight is 462 g/mol. The van der Waals surface area contributed by atoms with Gasteiger partial charge in [-0.3, -0.25) is 9.35 Å². The number of nitrogens with one attached hydrogen (secondary N) is 2. The smallest absolute Gasteiger partial charge is 0.365 e. The summed E-state index contributed by atoms with van der Waals surface area (Å²) in [5, 5.41) is 5.23. The van der Waals surface area contributed by atoms with Gasteiger partial charge < -0.3 is 16.4 Å². The lowest BCUT2D eigenvalue weighted by Crippen LogP contribution is -2.40. The highest BCUT2D eigenvalue weighted by Gasteiger charge is 2.36. The third kappa shape index (κ3) is 5.45. The van der Waals surface area contributed by atoms with Crippen molar-refractivity contribution in [2.75, 3.05) is 23.7 Å². The molecule has 1 saturated heterocycles. The Bertz CT molecular complexity index is 998. The lowest BCUT2D eigenvalue weighted by atomic mass is 10.1. The number of halogens is 4. The molecule has 1 aromatic carbocycles. The Labute approximate surface area is 176 Å². The molecule has 1 unspecified atom stereocenters. The van der Waals surface area contributed by atoms with Gasteiger partial charge in [0.2, 0.25) is 17.2 Å². The number of benzene rings is 1. The summed E-state index contributed by atoms with van der Waals surface area (Å²) in [6, 6.07) is 3.12. The molecule has 1 amide bonds. The van der Waals surface area contributed by atoms with E-state index in [0.717, 1.165) is 6.07 Å². The van der Waals surface area contributed by atoms with E-state index in [1.807, 2.05) is 0 Å². The van der Waals surface area contributed by atoms with Crippen LogP contribution in [0.2, 0.25) is 0 Å². The minimum Gasteiger partial charge on any atom is -0.365 e. The normalized spacial score (nSPS) is 16.7. The molecule has 2 heterocycles. The van der Waals surface area contributed by atoms with Gasteiger partial charge in [-0.25, -0.2) is 17.9 Å². The first kappa shape index (κ1) is 22.8. The van der Waals surface area contributed by atoms with Crippen LogP contribution in [-0.2, 0) is 17.4 Å². The van der Waals surface area contributed by atoms with Crippen LogP contribution in [0.5, 0.6) is 0 Å². The number of hydrogen-bond donors (Lipinski definition) is 4. The predicted molar refractivity (Wildman–Crippen MR) is 104 cm³/mol. The number of amides is 1. The first-order valence-corrected chi connectivity index (χ1v) is 10.0. The van der Waals surface area contributed by atoms with E-state index in [1.165, 1.54) is 16.4 Å². The molecular formula is C17H18F4N6O3S. The summed E-state index contributed by atoms with van der Waals surface area (Å²) in [5.74, 6) is -2.97. The van der Waals surface area contributed by atoms with Gasteiger partial charge in [0.05, 0.1) is 11.3 Å². The largest absolute Gasteiger partial charge is 0.421 e. The van der Waals surface area contributed by atoms with Gasteiger partial charge in [0.25, 0.3) is 5.91 Å². The molecule has 31 heavy (non-hydrogen) atoms. The Balaban J connectivity index is 1.88. The van der Waals surface area contributed by atoms with Gasteiger partial charge in [0.15, 0.2) is 0 Å². The Hall–Kier alpha value is -2.84. The number of primary amides is 1. The molecule has 0 aliphatic carbocycles. The van der Waals surface area contributed by atoms with Crippen LogP contribution < -0.4 is 16.4 Å². The Morgan fingerprint density at radius 1 is 1.29 bits per heavy atom. The topological polar surface area (TPSA) is 133 Å². The van der Waals surface area contributed by atoms with Crippen molar-refractivity contribution in [3.05, 3.63) is 41.3 Å². The van der Waals surface area contributed by atoms with E-state index < -0.39 is 46.1 Å². The van der Waals surface area contributed by atoms with Crippen molar-refractivity contribution in [3.63, 3.8) is 0 Å². The molecule has 1 fully saturated rings. The molecule has 14 heteroatoms. The fourth-order valence-corrected chi connectivity index (χ4v) is 3.62. The third-order valence-electron chi connectivity index (χ3n) is 4.62. The van der Waals surface area contributed by atoms with Crippen molar-refractivity contribution >= 4 is 34.6 Å². The van der Waals surface area contributed by atoms with E-state index in [4.69, 9.17) is 10.3 Å². The molecule has 0 saturated carbocycles. The summed E-state index contributed by atoms with van der Waals surface area (Å²) in [4.78, 5) is 19.1. The standard InChI is InChI=1S/C17H18F4N6O3S/c18-11-2-1-3-12(13(11)14(22)28)25-15-10(17(19,20)21)8-23-16(26-15)24-9-4-6-27(7-5-9)31(29)30/h1-3,8-9H,4-7H2,(H2,22,28)(H,29,30)(H2,23,24,25,26). The lowest BCUT2D eigenvalue weighted by Gasteiger charge is -2.29. The molecule has 2 aromatic rings. The van der Waals surface area contributed by atoms with Gasteiger partial charge in [-0.05, 0) is 25.0 Å². The maximum Gasteiger partial charge on any atom is 0.421 e. The molecule has 0 spiro atoms. The summed E-state index contributed by atoms with van der Waals surface area (Å²) in [6.45, 7) is 0.607. The average Bonchev–Trinajstić information content (AvgIpc) is 2.67. The summed E-state index contributed by atoms with van der Waals surface area (Å²) in [5.41, 5.74) is 3.05. The van der Waals surface area contributed by atoms with Crippen LogP contribution in [0, 0.1) is 5.82 Å². The highest BCUT2D eigenvalue weighted by molar-refractivity contribution is 7.76. The highest BCUT2D eigenvalue weighted by Crippen LogP contribution is 2.36. The molecule has 1 atom stereocenters. The molecule has 3 rings (SSSR count). The monoisotopic (exact) mass is 462 g/mol. The van der Waals surface area contributed by atoms with Crippen LogP contribution in [-0.4, -0.2) is 48.1 Å². The number of piperidine rings is 1. The summed E-state index contributed by atoms with van der Waals surface area (Å²) in [7, 11) is 0. The quantitative estimate of drug-likeness (QED) is 0.383. The summed E-state index contributed by atoms with van der Waals surface area (Å²) in [6.07, 6.45) is -3.37. The van der Waals surface area contributed by atoms with E-state index in [2.05, 4.69) is 20.6 Å². The number of hydrogen-bond acceptors (Lipinski definition) is 6. The number of carbonyl (C=O) groups excluding carboxylic acids is 1. The van der Waals surface area contributed by atoms with Gasteiger partial charge in [0, 0.05) is 25.3 Å². The number of nitrogens with zero attached hydrogens (tertiary/aromatic N) is 3. The molecule has 0 radical (unpaired) electrons. The first-order valence-electron chi connectivity index (χ1n) is 8.98. The number of carbonyl (C=O) groups is 1. The van der Waals surface area contributed by atoms with Gasteiger partial charge in [0.1, 0.15) is 17.2 Å². The van der Waals surface area contributed by atoms with Crippen LogP contribution in [0.25, 0.3) is 0 Å². The van der Waals surface area contributed by atoms with E-state index in [-0.39, 0.29) is 17.7 Å². The molecule has 5 N–H and O–H groups in total. The number of alkyl halides is 3. The second-order valence-electron chi connectivity index (χ2n) is 6.68. The Morgan fingerprint density at radius 2 is 1.97 bits per heavy atom. The second-order valence-corrected chi connectivity index (χ2v) is 7.66. The van der Waals surface area contributed by atoms with Crippen molar-refractivity contribution in [3.8, 4) is 0 Å². The van der Waals surface area contributed by atoms with Crippen LogP contribution in [0.4, 0.5) is 35.0 Å². The number of nitrogens with two attached hydrogens (primary N) is 1. The minimum atomic E-state index is -4.82. The van der Waals surface area contributed by atoms with Gasteiger partial charge in [-0.2, -0.15) is 18.2 Å². The first-order chi connectivity index (χ1) is 14.6. The zero-order valence-electron chi connectivity index (χ0n) is 15.8. The lowest BCUT2D eigenvalue weighted by molar-refractivity contribution is -0.137. The third-order valence-corrected chi connectivity index (χ3v) is 5.42. The molecule has 1 aliphatic rings. The number of anilines is 3. The molecule has 0 bridgehead atoms. The zero-order valence-corrected chi connectivity index (χ0v) is 16.6. The van der Waals surface area contributed by atoms with Crippen molar-refractivity contribution < 1.29 is 31.1 Å². The maximum atomic E-state index is 14.0. The molecule has 168 valence electrons. The molecule has 1 aromatic heterocycles. The van der Waals surface area contributed by atoms with Gasteiger partial charge in [-0.1, -0.05) is 6.07 Å². The van der Waals surface area contributed by atoms with Gasteiger partial charge in [-0.15, -0.1) is 0 Å². The van der Waals surface area contributed by atoms with Crippen LogP contribution in [0.15, 0.2) is 24.4 Å². The van der Waals surface area contributed by atoms with Crippen LogP contribution >= 0.6 is 0 Å². The van der Waals surface area contributed by atoms with Crippen molar-refractivity contribution in [2.45, 2.75) is 25.1 Å². The maximum absolute atomic E-state index is 14.0. The molecule has 9 nitrogen and oxygen atoms in total. The van der Waals surface area contributed by atoms with Crippen molar-refractivity contribution in [1.82, 2.24) is 14.3 Å².